The quantitative estimate of drug-likeness (QED) is 0.634. The molecule has 3 rings (SSSR count). The van der Waals surface area contributed by atoms with Crippen molar-refractivity contribution < 1.29 is 4.74 Å². The van der Waals surface area contributed by atoms with Gasteiger partial charge in [0.25, 0.3) is 5.56 Å². The zero-order valence-electron chi connectivity index (χ0n) is 15.8. The highest BCUT2D eigenvalue weighted by Crippen LogP contribution is 2.46. The van der Waals surface area contributed by atoms with Crippen LogP contribution >= 0.6 is 11.3 Å². The fourth-order valence-electron chi connectivity index (χ4n) is 3.19. The van der Waals surface area contributed by atoms with Gasteiger partial charge in [-0.15, -0.1) is 11.3 Å². The molecule has 0 bridgehead atoms. The second-order valence-electron chi connectivity index (χ2n) is 7.42. The van der Waals surface area contributed by atoms with Crippen molar-refractivity contribution in [2.24, 2.45) is 11.1 Å². The highest BCUT2D eigenvalue weighted by molar-refractivity contribution is 7.18. The topological polar surface area (TPSA) is 91.3 Å². The van der Waals surface area contributed by atoms with E-state index in [2.05, 4.69) is 12.2 Å². The van der Waals surface area contributed by atoms with Crippen LogP contribution in [0.25, 0.3) is 10.2 Å². The summed E-state index contributed by atoms with van der Waals surface area (Å²) >= 11 is 1.51. The number of hydrogen-bond acceptors (Lipinski definition) is 6. The highest BCUT2D eigenvalue weighted by atomic mass is 32.1. The van der Waals surface area contributed by atoms with E-state index in [1.807, 2.05) is 6.92 Å². The van der Waals surface area contributed by atoms with E-state index in [4.69, 9.17) is 10.5 Å². The van der Waals surface area contributed by atoms with E-state index in [1.165, 1.54) is 15.9 Å². The van der Waals surface area contributed by atoms with Crippen molar-refractivity contribution in [3.05, 3.63) is 31.3 Å². The molecule has 26 heavy (non-hydrogen) atoms. The Balaban J connectivity index is 2.14. The summed E-state index contributed by atoms with van der Waals surface area (Å²) in [5, 5.41) is 3.94. The normalized spacial score (nSPS) is 15.7. The first-order chi connectivity index (χ1) is 12.4. The molecule has 8 heteroatoms. The number of rotatable bonds is 9. The van der Waals surface area contributed by atoms with Crippen molar-refractivity contribution >= 4 is 21.6 Å². The van der Waals surface area contributed by atoms with Gasteiger partial charge in [0.1, 0.15) is 4.83 Å². The maximum atomic E-state index is 13.1. The number of aromatic nitrogens is 2. The Bertz CT molecular complexity index is 908. The summed E-state index contributed by atoms with van der Waals surface area (Å²) in [7, 11) is 1.62. The molecule has 1 aliphatic carbocycles. The zero-order valence-corrected chi connectivity index (χ0v) is 16.6. The molecule has 144 valence electrons. The van der Waals surface area contributed by atoms with Crippen LogP contribution in [-0.4, -0.2) is 35.9 Å². The predicted molar refractivity (Wildman–Crippen MR) is 105 cm³/mol. The van der Waals surface area contributed by atoms with Crippen LogP contribution < -0.4 is 22.3 Å². The first kappa shape index (κ1) is 19.3. The maximum absolute atomic E-state index is 13.1. The minimum absolute atomic E-state index is 0.0746. The molecule has 2 aromatic heterocycles. The van der Waals surface area contributed by atoms with E-state index < -0.39 is 0 Å². The largest absolute Gasteiger partial charge is 0.383 e. The van der Waals surface area contributed by atoms with Gasteiger partial charge >= 0.3 is 5.69 Å². The van der Waals surface area contributed by atoms with Crippen LogP contribution in [0.3, 0.4) is 0 Å². The molecule has 1 fully saturated rings. The van der Waals surface area contributed by atoms with E-state index in [9.17, 15) is 9.59 Å². The van der Waals surface area contributed by atoms with Crippen LogP contribution in [0.1, 0.15) is 30.2 Å². The summed E-state index contributed by atoms with van der Waals surface area (Å²) in [5.74, 6) is 0. The SMILES string of the molecule is COCCn1c(=O)n(CC2(C)CC2)c(=O)c2c(C)c(CNCCN)sc21. The zero-order chi connectivity index (χ0) is 18.9. The summed E-state index contributed by atoms with van der Waals surface area (Å²) in [6.07, 6.45) is 2.12. The molecule has 0 radical (unpaired) electrons. The number of ether oxygens (including phenoxy) is 1. The third-order valence-electron chi connectivity index (χ3n) is 5.16. The van der Waals surface area contributed by atoms with Crippen molar-refractivity contribution in [3.8, 4) is 0 Å². The Hall–Kier alpha value is -1.48. The third-order valence-corrected chi connectivity index (χ3v) is 6.48. The van der Waals surface area contributed by atoms with Gasteiger partial charge in [-0.3, -0.25) is 13.9 Å². The second-order valence-corrected chi connectivity index (χ2v) is 8.51. The van der Waals surface area contributed by atoms with Gasteiger partial charge in [-0.25, -0.2) is 4.79 Å². The molecule has 1 aliphatic rings. The molecular formula is C18H28N4O3S. The van der Waals surface area contributed by atoms with Crippen LogP contribution in [0.4, 0.5) is 0 Å². The standard InChI is InChI=1S/C18H28N4O3S/c1-12-13(10-20-7-6-19)26-16-14(12)15(23)22(11-18(2)4-5-18)17(24)21(16)8-9-25-3/h20H,4-11,19H2,1-3H3. The lowest BCUT2D eigenvalue weighted by molar-refractivity contribution is 0.186. The van der Waals surface area contributed by atoms with Gasteiger partial charge in [0.15, 0.2) is 0 Å². The lowest BCUT2D eigenvalue weighted by Crippen LogP contribution is -2.41. The summed E-state index contributed by atoms with van der Waals surface area (Å²) < 4.78 is 8.32. The van der Waals surface area contributed by atoms with E-state index >= 15 is 0 Å². The van der Waals surface area contributed by atoms with Crippen molar-refractivity contribution in [1.82, 2.24) is 14.5 Å². The van der Waals surface area contributed by atoms with Gasteiger partial charge in [-0.05, 0) is 30.7 Å². The molecule has 0 spiro atoms. The molecule has 2 aromatic rings. The van der Waals surface area contributed by atoms with Gasteiger partial charge in [-0.2, -0.15) is 0 Å². The molecule has 0 unspecified atom stereocenters. The first-order valence-electron chi connectivity index (χ1n) is 9.07. The third kappa shape index (κ3) is 3.64. The Labute approximate surface area is 156 Å². The highest BCUT2D eigenvalue weighted by Gasteiger charge is 2.38. The minimum Gasteiger partial charge on any atom is -0.383 e. The average molecular weight is 381 g/mol. The van der Waals surface area contributed by atoms with Crippen molar-refractivity contribution in [1.29, 1.82) is 0 Å². The minimum atomic E-state index is -0.226. The summed E-state index contributed by atoms with van der Waals surface area (Å²) in [5.41, 5.74) is 6.19. The monoisotopic (exact) mass is 380 g/mol. The smallest absolute Gasteiger partial charge is 0.332 e. The molecule has 3 N–H and O–H groups in total. The molecule has 0 saturated heterocycles. The summed E-state index contributed by atoms with van der Waals surface area (Å²) in [6.45, 7) is 7.39. The Kier molecular flexibility index (Phi) is 5.67. The number of methoxy groups -OCH3 is 1. The van der Waals surface area contributed by atoms with Crippen LogP contribution in [0.2, 0.25) is 0 Å². The van der Waals surface area contributed by atoms with Crippen LogP contribution in [0.5, 0.6) is 0 Å². The number of nitrogens with one attached hydrogen (secondary N) is 1. The van der Waals surface area contributed by atoms with Crippen molar-refractivity contribution in [3.63, 3.8) is 0 Å². The van der Waals surface area contributed by atoms with Crippen LogP contribution in [0.15, 0.2) is 9.59 Å². The maximum Gasteiger partial charge on any atom is 0.332 e. The van der Waals surface area contributed by atoms with Gasteiger partial charge < -0.3 is 15.8 Å². The Morgan fingerprint density at radius 3 is 2.65 bits per heavy atom. The lowest BCUT2D eigenvalue weighted by Gasteiger charge is -2.14. The molecule has 7 nitrogen and oxygen atoms in total. The first-order valence-corrected chi connectivity index (χ1v) is 9.89. The fourth-order valence-corrected chi connectivity index (χ4v) is 4.47. The van der Waals surface area contributed by atoms with Crippen LogP contribution in [-0.2, 0) is 24.4 Å². The Morgan fingerprint density at radius 1 is 1.31 bits per heavy atom. The molecular weight excluding hydrogens is 352 g/mol. The van der Waals surface area contributed by atoms with Crippen molar-refractivity contribution in [2.75, 3.05) is 26.8 Å². The number of hydrogen-bond donors (Lipinski definition) is 2. The van der Waals surface area contributed by atoms with E-state index in [1.54, 1.807) is 11.7 Å². The molecule has 2 heterocycles. The fraction of sp³-hybridized carbons (Fsp3) is 0.667. The van der Waals surface area contributed by atoms with Crippen LogP contribution in [0, 0.1) is 12.3 Å². The van der Waals surface area contributed by atoms with Gasteiger partial charge in [0, 0.05) is 38.2 Å². The number of thiophene rings is 1. The number of nitrogens with two attached hydrogens (primary N) is 1. The van der Waals surface area contributed by atoms with Crippen molar-refractivity contribution in [2.45, 2.75) is 46.3 Å². The molecule has 1 saturated carbocycles. The summed E-state index contributed by atoms with van der Waals surface area (Å²) in [6, 6.07) is 0. The average Bonchev–Trinajstić information content (AvgIpc) is 3.25. The van der Waals surface area contributed by atoms with Gasteiger partial charge in [0.05, 0.1) is 18.5 Å². The lowest BCUT2D eigenvalue weighted by atomic mass is 10.1. The van der Waals surface area contributed by atoms with Gasteiger partial charge in [0.2, 0.25) is 0 Å². The number of aryl methyl sites for hydroxylation is 1. The van der Waals surface area contributed by atoms with E-state index in [0.717, 1.165) is 28.1 Å². The molecule has 0 atom stereocenters. The van der Waals surface area contributed by atoms with Gasteiger partial charge in [-0.1, -0.05) is 6.92 Å². The Morgan fingerprint density at radius 2 is 2.04 bits per heavy atom. The van der Waals surface area contributed by atoms with E-state index in [-0.39, 0.29) is 16.7 Å². The predicted octanol–water partition coefficient (Wildman–Crippen LogP) is 1.03. The second kappa shape index (κ2) is 7.64. The molecule has 0 amide bonds. The summed E-state index contributed by atoms with van der Waals surface area (Å²) in [4.78, 5) is 28.0. The number of fused-ring (bicyclic) bond motifs is 1. The number of nitrogens with zero attached hydrogens (tertiary/aromatic N) is 2. The molecule has 0 aliphatic heterocycles. The molecule has 0 aromatic carbocycles. The van der Waals surface area contributed by atoms with E-state index in [0.29, 0.717) is 44.7 Å².